The lowest BCUT2D eigenvalue weighted by Crippen LogP contribution is -2.54. The number of amides is 2. The number of carbonyl (C=O) groups is 2. The van der Waals surface area contributed by atoms with Crippen LogP contribution in [0.25, 0.3) is 0 Å². The van der Waals surface area contributed by atoms with E-state index in [-0.39, 0.29) is 23.4 Å². The molecule has 0 heterocycles. The normalized spacial score (nSPS) is 14.6. The van der Waals surface area contributed by atoms with Crippen LogP contribution in [0, 0.1) is 13.8 Å². The highest BCUT2D eigenvalue weighted by Gasteiger charge is 2.35. The Labute approximate surface area is 257 Å². The molecule has 230 valence electrons. The van der Waals surface area contributed by atoms with Crippen LogP contribution in [0.4, 0.5) is 5.69 Å². The number of anilines is 1. The van der Waals surface area contributed by atoms with Crippen molar-refractivity contribution in [1.29, 1.82) is 0 Å². The average molecular weight is 604 g/mol. The Bertz CT molecular complexity index is 1500. The maximum atomic E-state index is 14.4. The number of rotatable bonds is 12. The Morgan fingerprint density at radius 2 is 1.58 bits per heavy atom. The zero-order valence-electron chi connectivity index (χ0n) is 25.9. The molecule has 3 aromatic carbocycles. The molecular formula is C35H45N3O4S. The maximum absolute atomic E-state index is 14.4. The van der Waals surface area contributed by atoms with Crippen LogP contribution in [0.1, 0.15) is 74.6 Å². The molecule has 3 aromatic rings. The first-order valence-electron chi connectivity index (χ1n) is 15.5. The molecule has 0 spiro atoms. The van der Waals surface area contributed by atoms with Crippen molar-refractivity contribution < 1.29 is 18.0 Å². The van der Waals surface area contributed by atoms with Crippen LogP contribution in [0.2, 0.25) is 0 Å². The Morgan fingerprint density at radius 1 is 0.884 bits per heavy atom. The summed E-state index contributed by atoms with van der Waals surface area (Å²) < 4.78 is 29.6. The highest BCUT2D eigenvalue weighted by Crippen LogP contribution is 2.29. The van der Waals surface area contributed by atoms with Crippen molar-refractivity contribution in [3.63, 3.8) is 0 Å². The second kappa shape index (κ2) is 14.7. The summed E-state index contributed by atoms with van der Waals surface area (Å²) in [7, 11) is -4.10. The molecule has 2 amide bonds. The van der Waals surface area contributed by atoms with Crippen LogP contribution in [0.3, 0.4) is 0 Å². The summed E-state index contributed by atoms with van der Waals surface area (Å²) in [6.45, 7) is 7.52. The average Bonchev–Trinajstić information content (AvgIpc) is 3.00. The van der Waals surface area contributed by atoms with Crippen LogP contribution < -0.4 is 9.62 Å². The standard InChI is InChI=1S/C35H45N3O4S/c1-5-29-15-10-11-18-33(29)38(43(41,42)31-21-19-26(3)20-22-31)25-34(39)37(24-28-14-12-13-27(4)23-28)32(6-2)35(40)36-30-16-8-7-9-17-30/h10-15,18-23,30,32H,5-9,16-17,24-25H2,1-4H3,(H,36,40). The van der Waals surface area contributed by atoms with Crippen LogP contribution >= 0.6 is 0 Å². The first kappa shape index (κ1) is 32.3. The van der Waals surface area contributed by atoms with Crippen LogP contribution in [-0.4, -0.2) is 43.8 Å². The highest BCUT2D eigenvalue weighted by molar-refractivity contribution is 7.92. The minimum Gasteiger partial charge on any atom is -0.352 e. The number of nitrogens with one attached hydrogen (secondary N) is 1. The van der Waals surface area contributed by atoms with E-state index in [0.29, 0.717) is 18.5 Å². The molecule has 1 fully saturated rings. The molecular weight excluding hydrogens is 558 g/mol. The molecule has 0 aromatic heterocycles. The molecule has 0 aliphatic heterocycles. The Hall–Kier alpha value is -3.65. The SMILES string of the molecule is CCc1ccccc1N(CC(=O)N(Cc1cccc(C)c1)C(CC)C(=O)NC1CCCCC1)S(=O)(=O)c1ccc(C)cc1. The summed E-state index contributed by atoms with van der Waals surface area (Å²) in [4.78, 5) is 29.8. The van der Waals surface area contributed by atoms with Gasteiger partial charge in [0.15, 0.2) is 0 Å². The van der Waals surface area contributed by atoms with Gasteiger partial charge in [-0.15, -0.1) is 0 Å². The first-order valence-corrected chi connectivity index (χ1v) is 16.9. The molecule has 0 saturated heterocycles. The number of carbonyl (C=O) groups excluding carboxylic acids is 2. The second-order valence-corrected chi connectivity index (χ2v) is 13.4. The van der Waals surface area contributed by atoms with Crippen molar-refractivity contribution in [3.8, 4) is 0 Å². The van der Waals surface area contributed by atoms with Crippen molar-refractivity contribution in [2.75, 3.05) is 10.8 Å². The van der Waals surface area contributed by atoms with Crippen LogP contribution in [0.15, 0.2) is 77.7 Å². The van der Waals surface area contributed by atoms with Gasteiger partial charge in [0.25, 0.3) is 10.0 Å². The van der Waals surface area contributed by atoms with Gasteiger partial charge in [-0.3, -0.25) is 13.9 Å². The van der Waals surface area contributed by atoms with Gasteiger partial charge in [-0.1, -0.05) is 98.8 Å². The van der Waals surface area contributed by atoms with E-state index >= 15 is 0 Å². The summed E-state index contributed by atoms with van der Waals surface area (Å²) in [6.07, 6.45) is 6.21. The van der Waals surface area contributed by atoms with E-state index in [4.69, 9.17) is 0 Å². The third-order valence-corrected chi connectivity index (χ3v) is 10.1. The Morgan fingerprint density at radius 3 is 2.23 bits per heavy atom. The van der Waals surface area contributed by atoms with Gasteiger partial charge < -0.3 is 10.2 Å². The number of benzene rings is 3. The number of sulfonamides is 1. The molecule has 0 radical (unpaired) electrons. The van der Waals surface area contributed by atoms with E-state index in [1.165, 1.54) is 10.7 Å². The van der Waals surface area contributed by atoms with Gasteiger partial charge in [0.2, 0.25) is 11.8 Å². The lowest BCUT2D eigenvalue weighted by Gasteiger charge is -2.35. The Balaban J connectivity index is 1.73. The monoisotopic (exact) mass is 603 g/mol. The van der Waals surface area contributed by atoms with E-state index in [0.717, 1.165) is 47.9 Å². The van der Waals surface area contributed by atoms with Gasteiger partial charge in [0, 0.05) is 12.6 Å². The molecule has 0 bridgehead atoms. The number of aryl methyl sites for hydroxylation is 3. The van der Waals surface area contributed by atoms with Crippen molar-refractivity contribution in [2.24, 2.45) is 0 Å². The van der Waals surface area contributed by atoms with Crippen LogP contribution in [-0.2, 0) is 32.6 Å². The van der Waals surface area contributed by atoms with Gasteiger partial charge in [0.1, 0.15) is 12.6 Å². The molecule has 1 aliphatic carbocycles. The third kappa shape index (κ3) is 8.05. The molecule has 8 heteroatoms. The van der Waals surface area contributed by atoms with Gasteiger partial charge in [0.05, 0.1) is 10.6 Å². The van der Waals surface area contributed by atoms with Gasteiger partial charge >= 0.3 is 0 Å². The van der Waals surface area contributed by atoms with Gasteiger partial charge in [-0.05, 0) is 68.9 Å². The molecule has 1 N–H and O–H groups in total. The van der Waals surface area contributed by atoms with E-state index in [2.05, 4.69) is 5.32 Å². The predicted octanol–water partition coefficient (Wildman–Crippen LogP) is 6.32. The number of nitrogens with zero attached hydrogens (tertiary/aromatic N) is 2. The summed E-state index contributed by atoms with van der Waals surface area (Å²) in [5.74, 6) is -0.606. The van der Waals surface area contributed by atoms with Gasteiger partial charge in [-0.2, -0.15) is 0 Å². The molecule has 4 rings (SSSR count). The van der Waals surface area contributed by atoms with Crippen molar-refractivity contribution >= 4 is 27.5 Å². The number of hydrogen-bond donors (Lipinski definition) is 1. The summed E-state index contributed by atoms with van der Waals surface area (Å²) in [5, 5.41) is 3.20. The molecule has 1 unspecified atom stereocenters. The molecule has 1 saturated carbocycles. The fourth-order valence-electron chi connectivity index (χ4n) is 5.87. The topological polar surface area (TPSA) is 86.8 Å². The summed E-state index contributed by atoms with van der Waals surface area (Å²) in [5.41, 5.74) is 4.16. The maximum Gasteiger partial charge on any atom is 0.264 e. The fraction of sp³-hybridized carbons (Fsp3) is 0.429. The quantitative estimate of drug-likeness (QED) is 0.263. The van der Waals surface area contributed by atoms with E-state index in [1.807, 2.05) is 64.1 Å². The smallest absolute Gasteiger partial charge is 0.264 e. The minimum absolute atomic E-state index is 0.0982. The van der Waals surface area contributed by atoms with Crippen molar-refractivity contribution in [2.45, 2.75) is 96.2 Å². The lowest BCUT2D eigenvalue weighted by atomic mass is 9.95. The molecule has 1 aliphatic rings. The zero-order valence-corrected chi connectivity index (χ0v) is 26.7. The summed E-state index contributed by atoms with van der Waals surface area (Å²) in [6, 6.07) is 21.2. The van der Waals surface area contributed by atoms with Crippen LogP contribution in [0.5, 0.6) is 0 Å². The predicted molar refractivity (Wildman–Crippen MR) is 172 cm³/mol. The van der Waals surface area contributed by atoms with E-state index in [1.54, 1.807) is 41.3 Å². The highest BCUT2D eigenvalue weighted by atomic mass is 32.2. The Kier molecular flexibility index (Phi) is 11.0. The minimum atomic E-state index is -4.10. The molecule has 43 heavy (non-hydrogen) atoms. The van der Waals surface area contributed by atoms with E-state index in [9.17, 15) is 18.0 Å². The first-order chi connectivity index (χ1) is 20.6. The number of para-hydroxylation sites is 1. The largest absolute Gasteiger partial charge is 0.352 e. The van der Waals surface area contributed by atoms with Crippen molar-refractivity contribution in [1.82, 2.24) is 10.2 Å². The lowest BCUT2D eigenvalue weighted by molar-refractivity contribution is -0.140. The molecule has 7 nitrogen and oxygen atoms in total. The van der Waals surface area contributed by atoms with Crippen molar-refractivity contribution in [3.05, 3.63) is 95.1 Å². The van der Waals surface area contributed by atoms with E-state index < -0.39 is 28.5 Å². The summed E-state index contributed by atoms with van der Waals surface area (Å²) >= 11 is 0. The van der Waals surface area contributed by atoms with Gasteiger partial charge in [-0.25, -0.2) is 8.42 Å². The second-order valence-electron chi connectivity index (χ2n) is 11.6. The zero-order chi connectivity index (χ0) is 31.0. The fourth-order valence-corrected chi connectivity index (χ4v) is 7.33. The molecule has 1 atom stereocenters. The third-order valence-electron chi connectivity index (χ3n) is 8.30. The number of hydrogen-bond acceptors (Lipinski definition) is 4.